The fraction of sp³-hybridized carbons (Fsp3) is 0.364. The molecule has 1 unspecified atom stereocenters. The van der Waals surface area contributed by atoms with E-state index >= 15 is 0 Å². The second-order valence-electron chi connectivity index (χ2n) is 3.47. The van der Waals surface area contributed by atoms with Crippen molar-refractivity contribution in [3.63, 3.8) is 0 Å². The number of carbonyl (C=O) groups excluding carboxylic acids is 1. The van der Waals surface area contributed by atoms with E-state index in [1.807, 2.05) is 25.1 Å². The lowest BCUT2D eigenvalue weighted by Crippen LogP contribution is -2.18. The van der Waals surface area contributed by atoms with Gasteiger partial charge in [-0.1, -0.05) is 25.1 Å². The van der Waals surface area contributed by atoms with E-state index in [0.29, 0.717) is 0 Å². The Morgan fingerprint density at radius 2 is 2.23 bits per heavy atom. The van der Waals surface area contributed by atoms with E-state index in [4.69, 9.17) is 0 Å². The highest BCUT2D eigenvalue weighted by molar-refractivity contribution is 6.00. The van der Waals surface area contributed by atoms with Crippen LogP contribution in [-0.2, 0) is 0 Å². The Kier molecular flexibility index (Phi) is 1.83. The van der Waals surface area contributed by atoms with E-state index in [2.05, 4.69) is 12.2 Å². The molecule has 1 aromatic carbocycles. The van der Waals surface area contributed by atoms with Crippen molar-refractivity contribution in [1.82, 2.24) is 5.32 Å². The molecule has 1 atom stereocenters. The molecule has 1 amide bonds. The van der Waals surface area contributed by atoms with Crippen LogP contribution in [0.2, 0.25) is 0 Å². The second-order valence-corrected chi connectivity index (χ2v) is 3.47. The topological polar surface area (TPSA) is 29.1 Å². The van der Waals surface area contributed by atoms with Crippen molar-refractivity contribution in [3.05, 3.63) is 34.9 Å². The molecular weight excluding hydrogens is 162 g/mol. The number of rotatable bonds is 1. The third-order valence-corrected chi connectivity index (χ3v) is 2.62. The molecule has 0 bridgehead atoms. The number of aryl methyl sites for hydroxylation is 1. The van der Waals surface area contributed by atoms with E-state index in [1.165, 1.54) is 0 Å². The lowest BCUT2D eigenvalue weighted by molar-refractivity contribution is 0.0955. The Hall–Kier alpha value is -1.31. The van der Waals surface area contributed by atoms with E-state index in [9.17, 15) is 4.79 Å². The number of hydrogen-bond acceptors (Lipinski definition) is 1. The fourth-order valence-electron chi connectivity index (χ4n) is 1.92. The zero-order chi connectivity index (χ0) is 9.42. The summed E-state index contributed by atoms with van der Waals surface area (Å²) in [5.74, 6) is 0.0833. The van der Waals surface area contributed by atoms with Crippen molar-refractivity contribution in [2.75, 3.05) is 0 Å². The number of nitrogens with one attached hydrogen (secondary N) is 1. The Bertz CT molecular complexity index is 357. The first kappa shape index (κ1) is 8.30. The summed E-state index contributed by atoms with van der Waals surface area (Å²) in [6.45, 7) is 4.07. The van der Waals surface area contributed by atoms with E-state index in [-0.39, 0.29) is 11.9 Å². The summed E-state index contributed by atoms with van der Waals surface area (Å²) in [4.78, 5) is 11.5. The highest BCUT2D eigenvalue weighted by Gasteiger charge is 2.27. The number of hydrogen-bond donors (Lipinski definition) is 1. The molecule has 68 valence electrons. The molecule has 2 rings (SSSR count). The standard InChI is InChI=1S/C11H13NO/c1-3-9-8-6-4-5-7(2)10(8)11(13)12-9/h4-6,9H,3H2,1-2H3,(H,12,13). The Morgan fingerprint density at radius 3 is 2.92 bits per heavy atom. The zero-order valence-electron chi connectivity index (χ0n) is 7.92. The van der Waals surface area contributed by atoms with Crippen LogP contribution in [-0.4, -0.2) is 5.91 Å². The zero-order valence-corrected chi connectivity index (χ0v) is 7.92. The van der Waals surface area contributed by atoms with Gasteiger partial charge in [-0.2, -0.15) is 0 Å². The molecule has 0 spiro atoms. The molecule has 1 heterocycles. The molecule has 0 fully saturated rings. The largest absolute Gasteiger partial charge is 0.345 e. The van der Waals surface area contributed by atoms with Crippen molar-refractivity contribution in [3.8, 4) is 0 Å². The van der Waals surface area contributed by atoms with Gasteiger partial charge in [0.05, 0.1) is 6.04 Å². The van der Waals surface area contributed by atoms with Gasteiger partial charge < -0.3 is 5.32 Å². The van der Waals surface area contributed by atoms with E-state index < -0.39 is 0 Å². The Balaban J connectivity index is 2.57. The molecule has 0 saturated heterocycles. The average Bonchev–Trinajstić information content (AvgIpc) is 2.44. The summed E-state index contributed by atoms with van der Waals surface area (Å²) in [7, 11) is 0. The van der Waals surface area contributed by atoms with Gasteiger partial charge in [0.15, 0.2) is 0 Å². The van der Waals surface area contributed by atoms with Crippen LogP contribution in [0.3, 0.4) is 0 Å². The van der Waals surface area contributed by atoms with Crippen LogP contribution in [0, 0.1) is 6.92 Å². The first-order valence-corrected chi connectivity index (χ1v) is 4.64. The number of carbonyl (C=O) groups is 1. The number of amides is 1. The third kappa shape index (κ3) is 1.13. The molecule has 0 radical (unpaired) electrons. The molecule has 1 aromatic rings. The van der Waals surface area contributed by atoms with Gasteiger partial charge in [-0.05, 0) is 24.5 Å². The maximum Gasteiger partial charge on any atom is 0.252 e. The molecule has 0 aliphatic carbocycles. The quantitative estimate of drug-likeness (QED) is 0.696. The lowest BCUT2D eigenvalue weighted by atomic mass is 9.99. The summed E-state index contributed by atoms with van der Waals surface area (Å²) >= 11 is 0. The van der Waals surface area contributed by atoms with Crippen LogP contribution < -0.4 is 5.32 Å². The van der Waals surface area contributed by atoms with Crippen LogP contribution in [0.1, 0.15) is 40.9 Å². The highest BCUT2D eigenvalue weighted by atomic mass is 16.2. The minimum atomic E-state index is 0.0833. The van der Waals surface area contributed by atoms with Crippen molar-refractivity contribution < 1.29 is 4.79 Å². The minimum absolute atomic E-state index is 0.0833. The lowest BCUT2D eigenvalue weighted by Gasteiger charge is -2.07. The number of fused-ring (bicyclic) bond motifs is 1. The maximum atomic E-state index is 11.5. The number of benzene rings is 1. The summed E-state index contributed by atoms with van der Waals surface area (Å²) in [5, 5.41) is 2.97. The first-order chi connectivity index (χ1) is 6.24. The third-order valence-electron chi connectivity index (χ3n) is 2.62. The maximum absolute atomic E-state index is 11.5. The summed E-state index contributed by atoms with van der Waals surface area (Å²) < 4.78 is 0. The molecule has 2 heteroatoms. The van der Waals surface area contributed by atoms with Crippen molar-refractivity contribution in [2.45, 2.75) is 26.3 Å². The van der Waals surface area contributed by atoms with Gasteiger partial charge in [0.2, 0.25) is 0 Å². The summed E-state index contributed by atoms with van der Waals surface area (Å²) in [6, 6.07) is 6.25. The molecule has 2 nitrogen and oxygen atoms in total. The van der Waals surface area contributed by atoms with Gasteiger partial charge >= 0.3 is 0 Å². The predicted octanol–water partition coefficient (Wildman–Crippen LogP) is 2.19. The second kappa shape index (κ2) is 2.87. The molecule has 0 aromatic heterocycles. The van der Waals surface area contributed by atoms with Gasteiger partial charge in [0.25, 0.3) is 5.91 Å². The smallest absolute Gasteiger partial charge is 0.252 e. The van der Waals surface area contributed by atoms with Crippen molar-refractivity contribution >= 4 is 5.91 Å². The average molecular weight is 175 g/mol. The summed E-state index contributed by atoms with van der Waals surface area (Å²) in [6.07, 6.45) is 0.961. The van der Waals surface area contributed by atoms with E-state index in [1.54, 1.807) is 0 Å². The first-order valence-electron chi connectivity index (χ1n) is 4.64. The van der Waals surface area contributed by atoms with E-state index in [0.717, 1.165) is 23.1 Å². The van der Waals surface area contributed by atoms with Crippen LogP contribution in [0.4, 0.5) is 0 Å². The Morgan fingerprint density at radius 1 is 1.46 bits per heavy atom. The SMILES string of the molecule is CCC1NC(=O)c2c(C)cccc21. The Labute approximate surface area is 78.0 Å². The van der Waals surface area contributed by atoms with Gasteiger partial charge in [0.1, 0.15) is 0 Å². The van der Waals surface area contributed by atoms with Gasteiger partial charge in [0, 0.05) is 5.56 Å². The molecule has 1 aliphatic rings. The van der Waals surface area contributed by atoms with Crippen LogP contribution in [0.15, 0.2) is 18.2 Å². The van der Waals surface area contributed by atoms with Gasteiger partial charge in [-0.25, -0.2) is 0 Å². The fourth-order valence-corrected chi connectivity index (χ4v) is 1.92. The molecule has 0 saturated carbocycles. The minimum Gasteiger partial charge on any atom is -0.345 e. The van der Waals surface area contributed by atoms with Crippen LogP contribution in [0.25, 0.3) is 0 Å². The monoisotopic (exact) mass is 175 g/mol. The van der Waals surface area contributed by atoms with Gasteiger partial charge in [-0.3, -0.25) is 4.79 Å². The highest BCUT2D eigenvalue weighted by Crippen LogP contribution is 2.29. The molecule has 13 heavy (non-hydrogen) atoms. The summed E-state index contributed by atoms with van der Waals surface area (Å²) in [5.41, 5.74) is 3.12. The van der Waals surface area contributed by atoms with Crippen LogP contribution >= 0.6 is 0 Å². The van der Waals surface area contributed by atoms with Crippen molar-refractivity contribution in [2.24, 2.45) is 0 Å². The van der Waals surface area contributed by atoms with Gasteiger partial charge in [-0.15, -0.1) is 0 Å². The van der Waals surface area contributed by atoms with Crippen LogP contribution in [0.5, 0.6) is 0 Å². The normalized spacial score (nSPS) is 19.8. The molecular formula is C11H13NO. The molecule has 1 aliphatic heterocycles. The predicted molar refractivity (Wildman–Crippen MR) is 51.7 cm³/mol. The van der Waals surface area contributed by atoms with Crippen molar-refractivity contribution in [1.29, 1.82) is 0 Å². The molecule has 1 N–H and O–H groups in total.